The predicted molar refractivity (Wildman–Crippen MR) is 207 cm³/mol. The fourth-order valence-electron chi connectivity index (χ4n) is 6.04. The molecule has 0 aromatic rings. The van der Waals surface area contributed by atoms with Gasteiger partial charge in [-0.3, -0.25) is 4.79 Å². The SMILES string of the molecule is CCCCC/C=C\C=C/CCCCCCCCCCCCC(=O)NC(COC1OC(CO)C(O)C(O)C1O)C(O)/C=C/CC/C=C/CCCCC. The molecule has 0 spiro atoms. The monoisotopic (exact) mass is 722 g/mol. The van der Waals surface area contributed by atoms with Crippen LogP contribution >= 0.6 is 0 Å². The van der Waals surface area contributed by atoms with Crippen molar-refractivity contribution in [2.75, 3.05) is 13.2 Å². The van der Waals surface area contributed by atoms with Gasteiger partial charge in [-0.25, -0.2) is 0 Å². The van der Waals surface area contributed by atoms with E-state index in [-0.39, 0.29) is 12.5 Å². The largest absolute Gasteiger partial charge is 0.394 e. The van der Waals surface area contributed by atoms with Crippen molar-refractivity contribution in [3.8, 4) is 0 Å². The Balaban J connectivity index is 2.36. The van der Waals surface area contributed by atoms with E-state index in [1.807, 2.05) is 6.08 Å². The quantitative estimate of drug-likeness (QED) is 0.0238. The molecular weight excluding hydrogens is 646 g/mol. The summed E-state index contributed by atoms with van der Waals surface area (Å²) in [5.74, 6) is -0.197. The van der Waals surface area contributed by atoms with Crippen LogP contribution in [0.4, 0.5) is 0 Å². The molecule has 296 valence electrons. The molecule has 1 aliphatic heterocycles. The number of aliphatic hydroxyl groups is 5. The van der Waals surface area contributed by atoms with E-state index in [1.54, 1.807) is 6.08 Å². The summed E-state index contributed by atoms with van der Waals surface area (Å²) in [4.78, 5) is 12.9. The molecule has 6 N–H and O–H groups in total. The summed E-state index contributed by atoms with van der Waals surface area (Å²) < 4.78 is 11.1. The highest BCUT2D eigenvalue weighted by Crippen LogP contribution is 2.22. The van der Waals surface area contributed by atoms with Gasteiger partial charge in [0.25, 0.3) is 0 Å². The van der Waals surface area contributed by atoms with E-state index in [0.29, 0.717) is 6.42 Å². The highest BCUT2D eigenvalue weighted by Gasteiger charge is 2.44. The minimum atomic E-state index is -1.57. The fourth-order valence-corrected chi connectivity index (χ4v) is 6.04. The average molecular weight is 722 g/mol. The van der Waals surface area contributed by atoms with Gasteiger partial charge in [0.1, 0.15) is 24.4 Å². The fraction of sp³-hybridized carbons (Fsp3) is 0.786. The van der Waals surface area contributed by atoms with Crippen LogP contribution in [-0.4, -0.2) is 87.5 Å². The van der Waals surface area contributed by atoms with Gasteiger partial charge < -0.3 is 40.3 Å². The van der Waals surface area contributed by atoms with Gasteiger partial charge in [0.15, 0.2) is 6.29 Å². The van der Waals surface area contributed by atoms with Crippen molar-refractivity contribution in [3.63, 3.8) is 0 Å². The molecule has 7 unspecified atom stereocenters. The third-order valence-electron chi connectivity index (χ3n) is 9.40. The first-order valence-electron chi connectivity index (χ1n) is 20.4. The molecule has 0 radical (unpaired) electrons. The topological polar surface area (TPSA) is 149 Å². The maximum atomic E-state index is 12.9. The minimum absolute atomic E-state index is 0.197. The summed E-state index contributed by atoms with van der Waals surface area (Å²) in [6, 6.07) is -0.820. The molecule has 0 aromatic heterocycles. The maximum Gasteiger partial charge on any atom is 0.220 e. The Morgan fingerprint density at radius 1 is 0.667 bits per heavy atom. The Kier molecular flexibility index (Phi) is 30.3. The van der Waals surface area contributed by atoms with Crippen LogP contribution in [0.2, 0.25) is 0 Å². The zero-order chi connectivity index (χ0) is 37.4. The Morgan fingerprint density at radius 2 is 1.18 bits per heavy atom. The van der Waals surface area contributed by atoms with Crippen LogP contribution in [-0.2, 0) is 14.3 Å². The Bertz CT molecular complexity index is 936. The number of carbonyl (C=O) groups excluding carboxylic acids is 1. The van der Waals surface area contributed by atoms with Crippen LogP contribution < -0.4 is 5.32 Å². The van der Waals surface area contributed by atoms with Crippen molar-refractivity contribution in [1.29, 1.82) is 0 Å². The Morgan fingerprint density at radius 3 is 1.76 bits per heavy atom. The number of ether oxygens (including phenoxy) is 2. The number of amides is 1. The van der Waals surface area contributed by atoms with Crippen molar-refractivity contribution < 1.29 is 39.8 Å². The molecule has 9 nitrogen and oxygen atoms in total. The first-order valence-corrected chi connectivity index (χ1v) is 20.4. The van der Waals surface area contributed by atoms with Gasteiger partial charge >= 0.3 is 0 Å². The van der Waals surface area contributed by atoms with Gasteiger partial charge in [-0.05, 0) is 57.8 Å². The summed E-state index contributed by atoms with van der Waals surface area (Å²) in [6.07, 6.45) is 33.1. The van der Waals surface area contributed by atoms with Crippen LogP contribution in [0.5, 0.6) is 0 Å². The third kappa shape index (κ3) is 24.2. The second-order valence-corrected chi connectivity index (χ2v) is 14.1. The van der Waals surface area contributed by atoms with E-state index in [9.17, 15) is 30.3 Å². The number of hydrogen-bond donors (Lipinski definition) is 6. The van der Waals surface area contributed by atoms with Gasteiger partial charge in [-0.1, -0.05) is 140 Å². The second-order valence-electron chi connectivity index (χ2n) is 14.1. The number of allylic oxidation sites excluding steroid dienone is 7. The van der Waals surface area contributed by atoms with Crippen LogP contribution in [0.15, 0.2) is 48.6 Å². The summed E-state index contributed by atoms with van der Waals surface area (Å²) >= 11 is 0. The number of carbonyl (C=O) groups is 1. The molecule has 1 heterocycles. The molecule has 0 aromatic carbocycles. The number of nitrogens with one attached hydrogen (secondary N) is 1. The lowest BCUT2D eigenvalue weighted by atomic mass is 9.99. The lowest BCUT2D eigenvalue weighted by molar-refractivity contribution is -0.302. The molecule has 1 fully saturated rings. The van der Waals surface area contributed by atoms with Gasteiger partial charge in [-0.15, -0.1) is 0 Å². The summed E-state index contributed by atoms with van der Waals surface area (Å²) in [5, 5.41) is 53.8. The number of rotatable bonds is 32. The lowest BCUT2D eigenvalue weighted by Crippen LogP contribution is -2.60. The molecule has 1 saturated heterocycles. The highest BCUT2D eigenvalue weighted by molar-refractivity contribution is 5.76. The molecule has 1 aliphatic rings. The molecule has 0 aliphatic carbocycles. The molecule has 1 amide bonds. The minimum Gasteiger partial charge on any atom is -0.394 e. The standard InChI is InChI=1S/C42H75NO8/c1-3-5-7-9-11-13-14-15-16-17-18-19-20-21-22-24-26-28-30-32-38(46)43-35(36(45)31-29-27-25-23-12-10-8-6-4-2)34-50-42-41(49)40(48)39(47)37(33-44)51-42/h11-15,23,29,31,35-37,39-42,44-45,47-49H,3-10,16-22,24-28,30,32-34H2,1-2H3,(H,43,46)/b13-11-,15-14-,23-12+,31-29+. The van der Waals surface area contributed by atoms with Gasteiger partial charge in [-0.2, -0.15) is 0 Å². The maximum absolute atomic E-state index is 12.9. The number of hydrogen-bond acceptors (Lipinski definition) is 8. The Hall–Kier alpha value is -1.85. The Labute approximate surface area is 310 Å². The summed E-state index contributed by atoms with van der Waals surface area (Å²) in [6.45, 7) is 3.65. The van der Waals surface area contributed by atoms with Crippen molar-refractivity contribution in [2.45, 2.75) is 198 Å². The van der Waals surface area contributed by atoms with E-state index < -0.39 is 49.5 Å². The van der Waals surface area contributed by atoms with Crippen LogP contribution in [0.1, 0.15) is 155 Å². The molecule has 9 heteroatoms. The summed E-state index contributed by atoms with van der Waals surface area (Å²) in [5.41, 5.74) is 0. The molecule has 51 heavy (non-hydrogen) atoms. The van der Waals surface area contributed by atoms with Crippen LogP contribution in [0.25, 0.3) is 0 Å². The molecule has 0 saturated carbocycles. The van der Waals surface area contributed by atoms with Crippen molar-refractivity contribution in [1.82, 2.24) is 5.32 Å². The highest BCUT2D eigenvalue weighted by atomic mass is 16.7. The average Bonchev–Trinajstić information content (AvgIpc) is 3.13. The number of aliphatic hydroxyl groups excluding tert-OH is 5. The molecule has 0 bridgehead atoms. The second kappa shape index (κ2) is 32.8. The zero-order valence-electron chi connectivity index (χ0n) is 32.1. The van der Waals surface area contributed by atoms with Gasteiger partial charge in [0.05, 0.1) is 25.4 Å². The first kappa shape index (κ1) is 47.2. The van der Waals surface area contributed by atoms with Gasteiger partial charge in [0.2, 0.25) is 5.91 Å². The van der Waals surface area contributed by atoms with E-state index in [4.69, 9.17) is 9.47 Å². The number of unbranched alkanes of at least 4 members (excludes halogenated alkanes) is 17. The van der Waals surface area contributed by atoms with E-state index in [1.165, 1.54) is 89.9 Å². The zero-order valence-corrected chi connectivity index (χ0v) is 32.1. The predicted octanol–water partition coefficient (Wildman–Crippen LogP) is 7.50. The van der Waals surface area contributed by atoms with E-state index >= 15 is 0 Å². The van der Waals surface area contributed by atoms with Crippen molar-refractivity contribution >= 4 is 5.91 Å². The lowest BCUT2D eigenvalue weighted by Gasteiger charge is -2.40. The third-order valence-corrected chi connectivity index (χ3v) is 9.40. The van der Waals surface area contributed by atoms with Crippen LogP contribution in [0, 0.1) is 0 Å². The van der Waals surface area contributed by atoms with Crippen molar-refractivity contribution in [3.05, 3.63) is 48.6 Å². The van der Waals surface area contributed by atoms with E-state index in [0.717, 1.165) is 44.9 Å². The van der Waals surface area contributed by atoms with Gasteiger partial charge in [0, 0.05) is 6.42 Å². The molecule has 7 atom stereocenters. The first-order chi connectivity index (χ1) is 24.8. The smallest absolute Gasteiger partial charge is 0.220 e. The molecular formula is C42H75NO8. The molecule has 1 rings (SSSR count). The van der Waals surface area contributed by atoms with Crippen molar-refractivity contribution in [2.24, 2.45) is 0 Å². The van der Waals surface area contributed by atoms with E-state index in [2.05, 4.69) is 55.6 Å². The summed E-state index contributed by atoms with van der Waals surface area (Å²) in [7, 11) is 0. The van der Waals surface area contributed by atoms with Crippen LogP contribution in [0.3, 0.4) is 0 Å². The normalized spacial score (nSPS) is 22.5.